The van der Waals surface area contributed by atoms with Crippen molar-refractivity contribution in [1.82, 2.24) is 0 Å². The van der Waals surface area contributed by atoms with Crippen molar-refractivity contribution in [3.05, 3.63) is 0 Å². The second-order valence-corrected chi connectivity index (χ2v) is 6.25. The summed E-state index contributed by atoms with van der Waals surface area (Å²) in [5.74, 6) is 0. The molecule has 0 saturated carbocycles. The van der Waals surface area contributed by atoms with Gasteiger partial charge in [0, 0.05) is 6.26 Å². The zero-order valence-electron chi connectivity index (χ0n) is 6.44. The van der Waals surface area contributed by atoms with Gasteiger partial charge in [-0.25, -0.2) is 16.8 Å². The first-order valence-electron chi connectivity index (χ1n) is 2.29. The van der Waals surface area contributed by atoms with Gasteiger partial charge in [0.1, 0.15) is 14.7 Å². The molecule has 0 spiro atoms. The molecular weight excluding hydrogens is 203 g/mol. The van der Waals surface area contributed by atoms with Crippen molar-refractivity contribution in [2.45, 2.75) is 11.5 Å². The van der Waals surface area contributed by atoms with E-state index >= 15 is 0 Å². The molecule has 0 aliphatic heterocycles. The Labute approximate surface area is 88.1 Å². The molecule has 0 radical (unpaired) electrons. The largest absolute Gasteiger partial charge is 1.00 e. The normalized spacial score (nSPS) is 15.2. The molecule has 0 saturated heterocycles. The first-order valence-corrected chi connectivity index (χ1v) is 5.72. The number of sulfone groups is 1. The van der Waals surface area contributed by atoms with Gasteiger partial charge in [0.15, 0.2) is 9.84 Å². The Balaban J connectivity index is 0. The second-order valence-electron chi connectivity index (χ2n) is 1.89. The van der Waals surface area contributed by atoms with Gasteiger partial charge in [0.25, 0.3) is 0 Å². The van der Waals surface area contributed by atoms with Crippen LogP contribution in [0.5, 0.6) is 0 Å². The molecule has 0 fully saturated rings. The Morgan fingerprint density at radius 2 is 1.45 bits per heavy atom. The van der Waals surface area contributed by atoms with Gasteiger partial charge in [0.2, 0.25) is 0 Å². The topological polar surface area (TPSA) is 91.3 Å². The molecule has 1 unspecified atom stereocenters. The molecule has 62 valence electrons. The van der Waals surface area contributed by atoms with Gasteiger partial charge in [-0.15, -0.1) is 0 Å². The third-order valence-electron chi connectivity index (χ3n) is 1.01. The van der Waals surface area contributed by atoms with E-state index in [0.29, 0.717) is 6.26 Å². The van der Waals surface area contributed by atoms with E-state index in [2.05, 4.69) is 0 Å². The van der Waals surface area contributed by atoms with Crippen LogP contribution in [0.2, 0.25) is 0 Å². The molecule has 8 heteroatoms. The molecular formula is C3H7NaO5S2. The van der Waals surface area contributed by atoms with Crippen LogP contribution in [0.4, 0.5) is 0 Å². The molecule has 0 aromatic heterocycles. The van der Waals surface area contributed by atoms with Crippen LogP contribution < -0.4 is 29.6 Å². The molecule has 0 aromatic rings. The molecule has 0 aliphatic carbocycles. The summed E-state index contributed by atoms with van der Waals surface area (Å²) in [4.78, 5) is 0. The zero-order chi connectivity index (χ0) is 8.58. The Kier molecular flexibility index (Phi) is 5.49. The van der Waals surface area contributed by atoms with Crippen molar-refractivity contribution < 1.29 is 50.9 Å². The molecule has 1 atom stereocenters. The SMILES string of the molecule is CC(S(C)(=O)=O)S(=O)(=O)[O-].[Na+]. The van der Waals surface area contributed by atoms with Gasteiger partial charge in [-0.2, -0.15) is 0 Å². The van der Waals surface area contributed by atoms with Crippen LogP contribution in [-0.2, 0) is 20.0 Å². The van der Waals surface area contributed by atoms with E-state index in [1.165, 1.54) is 0 Å². The average Bonchev–Trinajstić information content (AvgIpc) is 1.59. The Morgan fingerprint density at radius 1 is 1.18 bits per heavy atom. The fraction of sp³-hybridized carbons (Fsp3) is 1.00. The summed E-state index contributed by atoms with van der Waals surface area (Å²) >= 11 is 0. The summed E-state index contributed by atoms with van der Waals surface area (Å²) in [7, 11) is -8.46. The summed E-state index contributed by atoms with van der Waals surface area (Å²) in [6.07, 6.45) is 0.702. The van der Waals surface area contributed by atoms with Crippen LogP contribution in [0.25, 0.3) is 0 Å². The van der Waals surface area contributed by atoms with Crippen molar-refractivity contribution in [2.75, 3.05) is 6.26 Å². The van der Waals surface area contributed by atoms with Gasteiger partial charge in [-0.1, -0.05) is 0 Å². The van der Waals surface area contributed by atoms with Crippen LogP contribution in [0.15, 0.2) is 0 Å². The smallest absolute Gasteiger partial charge is 0.747 e. The van der Waals surface area contributed by atoms with Crippen molar-refractivity contribution >= 4 is 20.0 Å². The van der Waals surface area contributed by atoms with Gasteiger partial charge in [-0.05, 0) is 6.92 Å². The summed E-state index contributed by atoms with van der Waals surface area (Å²) in [5.41, 5.74) is 0. The van der Waals surface area contributed by atoms with Gasteiger partial charge < -0.3 is 4.55 Å². The number of rotatable bonds is 2. The molecule has 0 bridgehead atoms. The van der Waals surface area contributed by atoms with E-state index in [1.807, 2.05) is 0 Å². The Morgan fingerprint density at radius 3 is 1.45 bits per heavy atom. The Hall–Kier alpha value is 0.860. The summed E-state index contributed by atoms with van der Waals surface area (Å²) < 4.78 is 49.1. The van der Waals surface area contributed by atoms with Crippen molar-refractivity contribution in [3.63, 3.8) is 0 Å². The number of hydrogen-bond donors (Lipinski definition) is 0. The maximum Gasteiger partial charge on any atom is 1.00 e. The molecule has 11 heavy (non-hydrogen) atoms. The quantitative estimate of drug-likeness (QED) is 0.341. The third-order valence-corrected chi connectivity index (χ3v) is 4.78. The summed E-state index contributed by atoms with van der Waals surface area (Å²) in [6.45, 7) is 0.845. The minimum absolute atomic E-state index is 0. The van der Waals surface area contributed by atoms with Crippen LogP contribution in [0, 0.1) is 0 Å². The standard InChI is InChI=1S/C3H8O5S2.Na/c1-3(9(2,4)5)10(6,7)8;/h3H,1-2H3,(H,6,7,8);/q;+1/p-1. The molecule has 0 heterocycles. The molecule has 0 aliphatic rings. The van der Waals surface area contributed by atoms with E-state index in [4.69, 9.17) is 0 Å². The fourth-order valence-electron chi connectivity index (χ4n) is 0.214. The third kappa shape index (κ3) is 5.15. The van der Waals surface area contributed by atoms with Gasteiger partial charge >= 0.3 is 29.6 Å². The average molecular weight is 210 g/mol. The van der Waals surface area contributed by atoms with Crippen LogP contribution in [-0.4, -0.2) is 32.2 Å². The van der Waals surface area contributed by atoms with E-state index < -0.39 is 24.5 Å². The van der Waals surface area contributed by atoms with Crippen molar-refractivity contribution in [3.8, 4) is 0 Å². The predicted octanol–water partition coefficient (Wildman–Crippen LogP) is -4.07. The second kappa shape index (κ2) is 4.20. The summed E-state index contributed by atoms with van der Waals surface area (Å²) in [5, 5.41) is 0. The molecule has 0 rings (SSSR count). The minimum Gasteiger partial charge on any atom is -0.747 e. The first-order chi connectivity index (χ1) is 4.15. The van der Waals surface area contributed by atoms with E-state index in [0.717, 1.165) is 6.92 Å². The van der Waals surface area contributed by atoms with Gasteiger partial charge in [0.05, 0.1) is 0 Å². The fourth-order valence-corrected chi connectivity index (χ4v) is 1.93. The minimum atomic E-state index is -4.70. The van der Waals surface area contributed by atoms with Crippen LogP contribution in [0.1, 0.15) is 6.92 Å². The Bertz CT molecular complexity index is 269. The molecule has 5 nitrogen and oxygen atoms in total. The van der Waals surface area contributed by atoms with Crippen LogP contribution >= 0.6 is 0 Å². The van der Waals surface area contributed by atoms with Crippen molar-refractivity contribution in [1.29, 1.82) is 0 Å². The van der Waals surface area contributed by atoms with E-state index in [-0.39, 0.29) is 29.6 Å². The monoisotopic (exact) mass is 210 g/mol. The van der Waals surface area contributed by atoms with E-state index in [1.54, 1.807) is 0 Å². The van der Waals surface area contributed by atoms with Crippen LogP contribution in [0.3, 0.4) is 0 Å². The molecule has 0 aromatic carbocycles. The summed E-state index contributed by atoms with van der Waals surface area (Å²) in [6, 6.07) is 0. The zero-order valence-corrected chi connectivity index (χ0v) is 10.1. The maximum atomic E-state index is 10.4. The van der Waals surface area contributed by atoms with Crippen molar-refractivity contribution in [2.24, 2.45) is 0 Å². The number of hydrogen-bond acceptors (Lipinski definition) is 5. The predicted molar refractivity (Wildman–Crippen MR) is 34.0 cm³/mol. The first kappa shape index (κ1) is 14.4. The maximum absolute atomic E-state index is 10.4. The molecule has 0 amide bonds. The van der Waals surface area contributed by atoms with E-state index in [9.17, 15) is 21.4 Å². The van der Waals surface area contributed by atoms with Gasteiger partial charge in [-0.3, -0.25) is 0 Å². The molecule has 0 N–H and O–H groups in total.